The number of ether oxygens (including phenoxy) is 1. The highest BCUT2D eigenvalue weighted by Gasteiger charge is 2.09. The molecule has 1 heterocycles. The Morgan fingerprint density at radius 1 is 1.20 bits per heavy atom. The number of pyridine rings is 1. The molecule has 0 saturated heterocycles. The van der Waals surface area contributed by atoms with Crippen molar-refractivity contribution in [3.8, 4) is 0 Å². The minimum absolute atomic E-state index is 0.442. The Kier molecular flexibility index (Phi) is 5.96. The topological polar surface area (TPSA) is 34.1 Å². The molecular formula is C17H24N2O. The first-order valence-electron chi connectivity index (χ1n) is 7.42. The van der Waals surface area contributed by atoms with Crippen molar-refractivity contribution in [1.29, 1.82) is 0 Å². The fraction of sp³-hybridized carbons (Fsp3) is 0.471. The number of benzene rings is 1. The lowest BCUT2D eigenvalue weighted by Gasteiger charge is -2.17. The van der Waals surface area contributed by atoms with Crippen molar-refractivity contribution in [2.45, 2.75) is 32.2 Å². The lowest BCUT2D eigenvalue weighted by molar-refractivity contribution is 0.125. The smallest absolute Gasteiger partial charge is 0.0704 e. The third-order valence-corrected chi connectivity index (χ3v) is 3.57. The van der Waals surface area contributed by atoms with E-state index in [1.165, 1.54) is 10.9 Å². The standard InChI is InChI=1S/C17H24N2O/c1-3-11-20-12-9-15(18-2)13-14-8-10-19-17-7-5-4-6-16(14)17/h4-8,10,15,18H,3,9,11-13H2,1-2H3. The van der Waals surface area contributed by atoms with Gasteiger partial charge in [-0.1, -0.05) is 25.1 Å². The Balaban J connectivity index is 2.02. The van der Waals surface area contributed by atoms with Gasteiger partial charge < -0.3 is 10.1 Å². The number of likely N-dealkylation sites (N-methyl/N-ethyl adjacent to an activating group) is 1. The second-order valence-electron chi connectivity index (χ2n) is 5.08. The molecule has 20 heavy (non-hydrogen) atoms. The summed E-state index contributed by atoms with van der Waals surface area (Å²) in [7, 11) is 2.02. The second-order valence-corrected chi connectivity index (χ2v) is 5.08. The van der Waals surface area contributed by atoms with E-state index in [-0.39, 0.29) is 0 Å². The molecule has 1 aromatic heterocycles. The van der Waals surface area contributed by atoms with Gasteiger partial charge in [0.05, 0.1) is 5.52 Å². The number of fused-ring (bicyclic) bond motifs is 1. The molecule has 0 aliphatic rings. The van der Waals surface area contributed by atoms with Crippen LogP contribution in [0.25, 0.3) is 10.9 Å². The lowest BCUT2D eigenvalue weighted by Crippen LogP contribution is -2.29. The zero-order valence-electron chi connectivity index (χ0n) is 12.4. The summed E-state index contributed by atoms with van der Waals surface area (Å²) in [5, 5.41) is 4.65. The van der Waals surface area contributed by atoms with E-state index >= 15 is 0 Å². The summed E-state index contributed by atoms with van der Waals surface area (Å²) < 4.78 is 5.59. The highest BCUT2D eigenvalue weighted by atomic mass is 16.5. The van der Waals surface area contributed by atoms with Crippen LogP contribution in [0.1, 0.15) is 25.3 Å². The van der Waals surface area contributed by atoms with Crippen LogP contribution in [0.4, 0.5) is 0 Å². The number of nitrogens with zero attached hydrogens (tertiary/aromatic N) is 1. The summed E-state index contributed by atoms with van der Waals surface area (Å²) in [6.07, 6.45) is 5.03. The van der Waals surface area contributed by atoms with Crippen LogP contribution < -0.4 is 5.32 Å². The van der Waals surface area contributed by atoms with E-state index in [0.717, 1.165) is 38.0 Å². The molecule has 0 aliphatic carbocycles. The third kappa shape index (κ3) is 4.02. The molecule has 3 nitrogen and oxygen atoms in total. The predicted octanol–water partition coefficient (Wildman–Crippen LogP) is 3.18. The summed E-state index contributed by atoms with van der Waals surface area (Å²) in [5.41, 5.74) is 2.42. The van der Waals surface area contributed by atoms with Gasteiger partial charge in [-0.15, -0.1) is 0 Å². The first kappa shape index (κ1) is 14.9. The molecule has 0 radical (unpaired) electrons. The van der Waals surface area contributed by atoms with Crippen molar-refractivity contribution in [2.75, 3.05) is 20.3 Å². The molecule has 0 spiro atoms. The van der Waals surface area contributed by atoms with Crippen LogP contribution in [0, 0.1) is 0 Å². The second kappa shape index (κ2) is 7.98. The maximum absolute atomic E-state index is 5.59. The molecule has 0 aliphatic heterocycles. The Bertz CT molecular complexity index is 522. The van der Waals surface area contributed by atoms with E-state index in [4.69, 9.17) is 4.74 Å². The zero-order valence-corrected chi connectivity index (χ0v) is 12.4. The third-order valence-electron chi connectivity index (χ3n) is 3.57. The monoisotopic (exact) mass is 272 g/mol. The van der Waals surface area contributed by atoms with Crippen molar-refractivity contribution < 1.29 is 4.74 Å². The summed E-state index contributed by atoms with van der Waals surface area (Å²) in [4.78, 5) is 4.42. The number of para-hydroxylation sites is 1. The Morgan fingerprint density at radius 2 is 2.05 bits per heavy atom. The van der Waals surface area contributed by atoms with Crippen LogP contribution in [0.3, 0.4) is 0 Å². The summed E-state index contributed by atoms with van der Waals surface area (Å²) in [6, 6.07) is 10.9. The molecule has 0 amide bonds. The van der Waals surface area contributed by atoms with Crippen LogP contribution in [-0.4, -0.2) is 31.3 Å². The van der Waals surface area contributed by atoms with E-state index in [2.05, 4.69) is 41.5 Å². The minimum Gasteiger partial charge on any atom is -0.381 e. The van der Waals surface area contributed by atoms with Gasteiger partial charge in [0.25, 0.3) is 0 Å². The fourth-order valence-electron chi connectivity index (χ4n) is 2.42. The van der Waals surface area contributed by atoms with Gasteiger partial charge in [0.2, 0.25) is 0 Å². The first-order valence-corrected chi connectivity index (χ1v) is 7.42. The quantitative estimate of drug-likeness (QED) is 0.749. The molecule has 108 valence electrons. The number of aromatic nitrogens is 1. The highest BCUT2D eigenvalue weighted by molar-refractivity contribution is 5.81. The maximum atomic E-state index is 5.59. The average molecular weight is 272 g/mol. The molecule has 0 fully saturated rings. The van der Waals surface area contributed by atoms with Crippen LogP contribution in [0.5, 0.6) is 0 Å². The fourth-order valence-corrected chi connectivity index (χ4v) is 2.42. The molecule has 1 N–H and O–H groups in total. The van der Waals surface area contributed by atoms with E-state index in [1.807, 2.05) is 19.3 Å². The highest BCUT2D eigenvalue weighted by Crippen LogP contribution is 2.18. The van der Waals surface area contributed by atoms with Crippen LogP contribution in [-0.2, 0) is 11.2 Å². The normalized spacial score (nSPS) is 12.7. The Labute approximate surface area is 121 Å². The molecule has 1 unspecified atom stereocenters. The van der Waals surface area contributed by atoms with E-state index < -0.39 is 0 Å². The molecule has 0 bridgehead atoms. The Hall–Kier alpha value is -1.45. The molecule has 2 rings (SSSR count). The molecular weight excluding hydrogens is 248 g/mol. The Morgan fingerprint density at radius 3 is 2.85 bits per heavy atom. The van der Waals surface area contributed by atoms with Gasteiger partial charge in [0.1, 0.15) is 0 Å². The molecule has 2 aromatic rings. The van der Waals surface area contributed by atoms with Crippen molar-refractivity contribution in [2.24, 2.45) is 0 Å². The van der Waals surface area contributed by atoms with Crippen molar-refractivity contribution in [3.05, 3.63) is 42.1 Å². The van der Waals surface area contributed by atoms with Crippen molar-refractivity contribution >= 4 is 10.9 Å². The number of nitrogens with one attached hydrogen (secondary N) is 1. The van der Waals surface area contributed by atoms with Gasteiger partial charge in [-0.25, -0.2) is 0 Å². The number of hydrogen-bond donors (Lipinski definition) is 1. The summed E-state index contributed by atoms with van der Waals surface area (Å²) in [6.45, 7) is 3.82. The summed E-state index contributed by atoms with van der Waals surface area (Å²) >= 11 is 0. The van der Waals surface area contributed by atoms with Gasteiger partial charge in [-0.3, -0.25) is 4.98 Å². The van der Waals surface area contributed by atoms with Crippen LogP contribution >= 0.6 is 0 Å². The van der Waals surface area contributed by atoms with Gasteiger partial charge in [0, 0.05) is 30.8 Å². The van der Waals surface area contributed by atoms with Crippen molar-refractivity contribution in [1.82, 2.24) is 10.3 Å². The predicted molar refractivity (Wildman–Crippen MR) is 84.0 cm³/mol. The zero-order chi connectivity index (χ0) is 14.2. The van der Waals surface area contributed by atoms with Crippen LogP contribution in [0.15, 0.2) is 36.5 Å². The van der Waals surface area contributed by atoms with E-state index in [9.17, 15) is 0 Å². The largest absolute Gasteiger partial charge is 0.381 e. The summed E-state index contributed by atoms with van der Waals surface area (Å²) in [5.74, 6) is 0. The van der Waals surface area contributed by atoms with E-state index in [0.29, 0.717) is 6.04 Å². The molecule has 0 saturated carbocycles. The van der Waals surface area contributed by atoms with Gasteiger partial charge in [-0.05, 0) is 44.0 Å². The lowest BCUT2D eigenvalue weighted by atomic mass is 10.0. The number of rotatable bonds is 8. The van der Waals surface area contributed by atoms with Gasteiger partial charge in [0.15, 0.2) is 0 Å². The van der Waals surface area contributed by atoms with Crippen LogP contribution in [0.2, 0.25) is 0 Å². The first-order chi connectivity index (χ1) is 9.85. The molecule has 1 atom stereocenters. The SMILES string of the molecule is CCCOCCC(Cc1ccnc2ccccc12)NC. The van der Waals surface area contributed by atoms with Crippen molar-refractivity contribution in [3.63, 3.8) is 0 Å². The van der Waals surface area contributed by atoms with Gasteiger partial charge in [-0.2, -0.15) is 0 Å². The number of hydrogen-bond acceptors (Lipinski definition) is 3. The molecule has 3 heteroatoms. The minimum atomic E-state index is 0.442. The van der Waals surface area contributed by atoms with E-state index in [1.54, 1.807) is 0 Å². The average Bonchev–Trinajstić information content (AvgIpc) is 2.50. The molecule has 1 aromatic carbocycles. The maximum Gasteiger partial charge on any atom is 0.0704 e. The van der Waals surface area contributed by atoms with Gasteiger partial charge >= 0.3 is 0 Å².